The molecule has 0 bridgehead atoms. The SMILES string of the molecule is CC(C)(C)NC(=O)CCNS(=O)(=O)c1ccc(N)c(Br)c1. The van der Waals surface area contributed by atoms with Crippen LogP contribution in [0.5, 0.6) is 0 Å². The summed E-state index contributed by atoms with van der Waals surface area (Å²) in [5.74, 6) is -0.205. The van der Waals surface area contributed by atoms with Crippen LogP contribution in [0.1, 0.15) is 27.2 Å². The fourth-order valence-corrected chi connectivity index (χ4v) is 3.13. The number of anilines is 1. The van der Waals surface area contributed by atoms with Crippen LogP contribution in [-0.2, 0) is 14.8 Å². The van der Waals surface area contributed by atoms with E-state index in [0.717, 1.165) is 0 Å². The third-order valence-electron chi connectivity index (χ3n) is 2.44. The molecule has 0 spiro atoms. The number of rotatable bonds is 5. The summed E-state index contributed by atoms with van der Waals surface area (Å²) in [5, 5.41) is 2.76. The van der Waals surface area contributed by atoms with Crippen molar-refractivity contribution in [1.29, 1.82) is 0 Å². The Balaban J connectivity index is 2.61. The Morgan fingerprint density at radius 2 is 1.95 bits per heavy atom. The number of nitrogens with one attached hydrogen (secondary N) is 2. The van der Waals surface area contributed by atoms with Crippen molar-refractivity contribution in [3.05, 3.63) is 22.7 Å². The highest BCUT2D eigenvalue weighted by Gasteiger charge is 2.17. The first-order chi connectivity index (χ1) is 9.51. The smallest absolute Gasteiger partial charge is 0.240 e. The molecule has 1 aromatic rings. The number of halogens is 1. The van der Waals surface area contributed by atoms with Crippen molar-refractivity contribution in [2.75, 3.05) is 12.3 Å². The highest BCUT2D eigenvalue weighted by atomic mass is 79.9. The third kappa shape index (κ3) is 6.03. The molecule has 0 aliphatic carbocycles. The first-order valence-electron chi connectivity index (χ1n) is 6.37. The molecule has 1 amide bonds. The number of amides is 1. The Labute approximate surface area is 133 Å². The number of carbonyl (C=O) groups is 1. The molecule has 0 atom stereocenters. The van der Waals surface area contributed by atoms with Gasteiger partial charge in [0.2, 0.25) is 15.9 Å². The molecular weight excluding hydrogens is 358 g/mol. The van der Waals surface area contributed by atoms with E-state index in [1.807, 2.05) is 20.8 Å². The van der Waals surface area contributed by atoms with Gasteiger partial charge in [-0.15, -0.1) is 0 Å². The number of carbonyl (C=O) groups excluding carboxylic acids is 1. The number of nitrogens with two attached hydrogens (primary N) is 1. The van der Waals surface area contributed by atoms with Crippen LogP contribution in [0.15, 0.2) is 27.6 Å². The molecule has 0 fully saturated rings. The summed E-state index contributed by atoms with van der Waals surface area (Å²) in [6.07, 6.45) is 0.0760. The van der Waals surface area contributed by atoms with E-state index in [9.17, 15) is 13.2 Å². The molecule has 0 saturated heterocycles. The van der Waals surface area contributed by atoms with Crippen molar-refractivity contribution in [3.8, 4) is 0 Å². The Morgan fingerprint density at radius 3 is 2.48 bits per heavy atom. The number of nitrogen functional groups attached to an aromatic ring is 1. The van der Waals surface area contributed by atoms with Crippen molar-refractivity contribution in [1.82, 2.24) is 10.0 Å². The molecule has 0 unspecified atom stereocenters. The van der Waals surface area contributed by atoms with E-state index in [1.54, 1.807) is 0 Å². The number of sulfonamides is 1. The Hall–Kier alpha value is -1.12. The minimum Gasteiger partial charge on any atom is -0.398 e. The van der Waals surface area contributed by atoms with E-state index >= 15 is 0 Å². The van der Waals surface area contributed by atoms with Crippen LogP contribution in [0, 0.1) is 0 Å². The van der Waals surface area contributed by atoms with Gasteiger partial charge in [-0.1, -0.05) is 0 Å². The first kappa shape index (κ1) is 17.9. The Bertz CT molecular complexity index is 624. The highest BCUT2D eigenvalue weighted by molar-refractivity contribution is 9.10. The van der Waals surface area contributed by atoms with Crippen molar-refractivity contribution in [2.24, 2.45) is 0 Å². The molecule has 1 rings (SSSR count). The maximum atomic E-state index is 12.1. The van der Waals surface area contributed by atoms with Crippen LogP contribution < -0.4 is 15.8 Å². The summed E-state index contributed by atoms with van der Waals surface area (Å²) in [4.78, 5) is 11.7. The monoisotopic (exact) mass is 377 g/mol. The minimum absolute atomic E-state index is 0.0340. The van der Waals surface area contributed by atoms with Gasteiger partial charge in [-0.05, 0) is 54.9 Å². The number of hydrogen-bond acceptors (Lipinski definition) is 4. The summed E-state index contributed by atoms with van der Waals surface area (Å²) in [7, 11) is -3.65. The van der Waals surface area contributed by atoms with Gasteiger partial charge in [0.15, 0.2) is 0 Å². The predicted molar refractivity (Wildman–Crippen MR) is 86.3 cm³/mol. The average Bonchev–Trinajstić information content (AvgIpc) is 2.29. The molecule has 4 N–H and O–H groups in total. The lowest BCUT2D eigenvalue weighted by Gasteiger charge is -2.20. The van der Waals surface area contributed by atoms with Gasteiger partial charge in [0, 0.05) is 28.7 Å². The maximum absolute atomic E-state index is 12.1. The second-order valence-corrected chi connectivity index (χ2v) is 8.25. The van der Waals surface area contributed by atoms with Gasteiger partial charge in [-0.3, -0.25) is 4.79 Å². The van der Waals surface area contributed by atoms with Crippen LogP contribution in [-0.4, -0.2) is 26.4 Å². The molecule has 0 radical (unpaired) electrons. The van der Waals surface area contributed by atoms with Gasteiger partial charge in [-0.2, -0.15) is 0 Å². The Morgan fingerprint density at radius 1 is 1.33 bits per heavy atom. The normalized spacial score (nSPS) is 12.2. The predicted octanol–water partition coefficient (Wildman–Crippen LogP) is 1.61. The van der Waals surface area contributed by atoms with E-state index in [2.05, 4.69) is 26.0 Å². The van der Waals surface area contributed by atoms with E-state index in [4.69, 9.17) is 5.73 Å². The fourth-order valence-electron chi connectivity index (χ4n) is 1.54. The molecule has 0 saturated carbocycles. The van der Waals surface area contributed by atoms with Crippen molar-refractivity contribution in [3.63, 3.8) is 0 Å². The van der Waals surface area contributed by atoms with Gasteiger partial charge in [-0.25, -0.2) is 13.1 Å². The van der Waals surface area contributed by atoms with Crippen molar-refractivity contribution < 1.29 is 13.2 Å². The zero-order valence-electron chi connectivity index (χ0n) is 12.2. The summed E-state index contributed by atoms with van der Waals surface area (Å²) in [5.41, 5.74) is 5.74. The summed E-state index contributed by atoms with van der Waals surface area (Å²) in [6.45, 7) is 5.62. The van der Waals surface area contributed by atoms with Crippen molar-refractivity contribution in [2.45, 2.75) is 37.6 Å². The van der Waals surface area contributed by atoms with E-state index in [-0.39, 0.29) is 29.3 Å². The van der Waals surface area contributed by atoms with Crippen LogP contribution in [0.2, 0.25) is 0 Å². The van der Waals surface area contributed by atoms with Gasteiger partial charge in [0.05, 0.1) is 4.90 Å². The molecule has 118 valence electrons. The maximum Gasteiger partial charge on any atom is 0.240 e. The molecule has 0 aromatic heterocycles. The lowest BCUT2D eigenvalue weighted by molar-refractivity contribution is -0.122. The van der Waals surface area contributed by atoms with Crippen molar-refractivity contribution >= 4 is 37.5 Å². The van der Waals surface area contributed by atoms with Gasteiger partial charge >= 0.3 is 0 Å². The average molecular weight is 378 g/mol. The lowest BCUT2D eigenvalue weighted by atomic mass is 10.1. The molecule has 0 aliphatic rings. The van der Waals surface area contributed by atoms with Crippen LogP contribution in [0.3, 0.4) is 0 Å². The molecule has 1 aromatic carbocycles. The summed E-state index contributed by atoms with van der Waals surface area (Å²) >= 11 is 3.18. The number of hydrogen-bond donors (Lipinski definition) is 3. The zero-order chi connectivity index (χ0) is 16.3. The molecule has 0 heterocycles. The molecule has 21 heavy (non-hydrogen) atoms. The standard InChI is InChI=1S/C13H20BrN3O3S/c1-13(2,3)17-12(18)6-7-16-21(19,20)9-4-5-11(15)10(14)8-9/h4-5,8,16H,6-7,15H2,1-3H3,(H,17,18). The van der Waals surface area contributed by atoms with E-state index in [0.29, 0.717) is 10.2 Å². The van der Waals surface area contributed by atoms with E-state index < -0.39 is 10.0 Å². The second-order valence-electron chi connectivity index (χ2n) is 5.63. The zero-order valence-corrected chi connectivity index (χ0v) is 14.6. The van der Waals surface area contributed by atoms with Crippen LogP contribution in [0.4, 0.5) is 5.69 Å². The van der Waals surface area contributed by atoms with Gasteiger partial charge < -0.3 is 11.1 Å². The minimum atomic E-state index is -3.65. The second kappa shape index (κ2) is 6.76. The molecule has 0 aliphatic heterocycles. The van der Waals surface area contributed by atoms with Crippen LogP contribution in [0.25, 0.3) is 0 Å². The quantitative estimate of drug-likeness (QED) is 0.678. The largest absolute Gasteiger partial charge is 0.398 e. The third-order valence-corrected chi connectivity index (χ3v) is 4.59. The van der Waals surface area contributed by atoms with Gasteiger partial charge in [0.1, 0.15) is 0 Å². The van der Waals surface area contributed by atoms with Gasteiger partial charge in [0.25, 0.3) is 0 Å². The fraction of sp³-hybridized carbons (Fsp3) is 0.462. The van der Waals surface area contributed by atoms with E-state index in [1.165, 1.54) is 18.2 Å². The molecular formula is C13H20BrN3O3S. The number of benzene rings is 1. The van der Waals surface area contributed by atoms with Crippen LogP contribution >= 0.6 is 15.9 Å². The molecule has 8 heteroatoms. The lowest BCUT2D eigenvalue weighted by Crippen LogP contribution is -2.41. The Kier molecular flexibility index (Phi) is 5.77. The first-order valence-corrected chi connectivity index (χ1v) is 8.64. The molecule has 6 nitrogen and oxygen atoms in total. The summed E-state index contributed by atoms with van der Waals surface area (Å²) in [6, 6.07) is 4.34. The highest BCUT2D eigenvalue weighted by Crippen LogP contribution is 2.22. The topological polar surface area (TPSA) is 101 Å². The summed E-state index contributed by atoms with van der Waals surface area (Å²) < 4.78 is 27.0.